The summed E-state index contributed by atoms with van der Waals surface area (Å²) in [6, 6.07) is 43.5. The molecule has 5 aromatic rings. The third-order valence-electron chi connectivity index (χ3n) is 9.59. The van der Waals surface area contributed by atoms with E-state index in [1.807, 2.05) is 123 Å². The van der Waals surface area contributed by atoms with Crippen molar-refractivity contribution in [1.82, 2.24) is 15.5 Å². The summed E-state index contributed by atoms with van der Waals surface area (Å²) < 4.78 is 13.2. The van der Waals surface area contributed by atoms with E-state index in [1.165, 1.54) is 0 Å². The Bertz CT molecular complexity index is 1820. The number of benzene rings is 5. The Hall–Kier alpha value is -4.83. The number of nitrogens with zero attached hydrogens (tertiary/aromatic N) is 1. The lowest BCUT2D eigenvalue weighted by Crippen LogP contribution is -2.43. The molecule has 264 valence electrons. The molecule has 0 aromatic heterocycles. The topological polar surface area (TPSA) is 103 Å². The van der Waals surface area contributed by atoms with E-state index < -0.39 is 12.4 Å². The number of likely N-dealkylation sites (N-methyl/N-ethyl adjacent to an activating group) is 1. The Kier molecular flexibility index (Phi) is 12.3. The highest BCUT2D eigenvalue weighted by Gasteiger charge is 2.34. The van der Waals surface area contributed by atoms with Crippen molar-refractivity contribution in [3.05, 3.63) is 167 Å². The summed E-state index contributed by atoms with van der Waals surface area (Å²) in [4.78, 5) is 14.6. The number of aliphatic hydroxyl groups excluding tert-OH is 2. The maximum Gasteiger partial charge on any atom is 0.315 e. The highest BCUT2D eigenvalue weighted by Crippen LogP contribution is 2.39. The van der Waals surface area contributed by atoms with Gasteiger partial charge in [-0.15, -0.1) is 0 Å². The van der Waals surface area contributed by atoms with Crippen LogP contribution in [-0.4, -0.2) is 46.9 Å². The first-order valence-electron chi connectivity index (χ1n) is 17.5. The highest BCUT2D eigenvalue weighted by molar-refractivity contribution is 5.74. The van der Waals surface area contributed by atoms with Crippen LogP contribution < -0.4 is 10.6 Å². The van der Waals surface area contributed by atoms with E-state index in [2.05, 4.69) is 39.8 Å². The van der Waals surface area contributed by atoms with Crippen LogP contribution in [0.1, 0.15) is 65.2 Å². The van der Waals surface area contributed by atoms with Crippen LogP contribution in [0.2, 0.25) is 0 Å². The summed E-state index contributed by atoms with van der Waals surface area (Å²) in [7, 11) is 2.02. The van der Waals surface area contributed by atoms with Gasteiger partial charge in [-0.25, -0.2) is 4.79 Å². The maximum atomic E-state index is 12.4. The number of amides is 2. The minimum atomic E-state index is -0.632. The minimum Gasteiger partial charge on any atom is -0.392 e. The van der Waals surface area contributed by atoms with Crippen molar-refractivity contribution in [3.8, 4) is 11.1 Å². The van der Waals surface area contributed by atoms with Gasteiger partial charge in [-0.2, -0.15) is 0 Å². The van der Waals surface area contributed by atoms with Crippen molar-refractivity contribution in [3.63, 3.8) is 0 Å². The number of ether oxygens (including phenoxy) is 2. The molecule has 0 unspecified atom stereocenters. The van der Waals surface area contributed by atoms with Gasteiger partial charge in [-0.05, 0) is 59.0 Å². The van der Waals surface area contributed by atoms with Gasteiger partial charge in [0.05, 0.1) is 24.9 Å². The lowest BCUT2D eigenvalue weighted by atomic mass is 9.98. The molecule has 0 radical (unpaired) electrons. The lowest BCUT2D eigenvalue weighted by Gasteiger charge is -2.39. The van der Waals surface area contributed by atoms with Crippen molar-refractivity contribution in [2.45, 2.75) is 63.7 Å². The average molecular weight is 686 g/mol. The predicted octanol–water partition coefficient (Wildman–Crippen LogP) is 7.44. The predicted molar refractivity (Wildman–Crippen MR) is 199 cm³/mol. The second kappa shape index (κ2) is 17.4. The van der Waals surface area contributed by atoms with E-state index in [1.54, 1.807) is 0 Å². The van der Waals surface area contributed by atoms with Crippen LogP contribution in [0, 0.1) is 0 Å². The van der Waals surface area contributed by atoms with E-state index in [9.17, 15) is 15.0 Å². The highest BCUT2D eigenvalue weighted by atomic mass is 16.7. The van der Waals surface area contributed by atoms with Gasteiger partial charge in [0.1, 0.15) is 0 Å². The van der Waals surface area contributed by atoms with Gasteiger partial charge < -0.3 is 30.3 Å². The molecule has 1 heterocycles. The molecule has 1 fully saturated rings. The molecule has 1 saturated heterocycles. The van der Waals surface area contributed by atoms with Crippen LogP contribution in [0.4, 0.5) is 4.79 Å². The fourth-order valence-corrected chi connectivity index (χ4v) is 6.41. The lowest BCUT2D eigenvalue weighted by molar-refractivity contribution is -0.253. The summed E-state index contributed by atoms with van der Waals surface area (Å²) in [5, 5.41) is 26.5. The Morgan fingerprint density at radius 1 is 0.745 bits per heavy atom. The van der Waals surface area contributed by atoms with Gasteiger partial charge in [0, 0.05) is 37.7 Å². The summed E-state index contributed by atoms with van der Waals surface area (Å²) in [5.74, 6) is 0. The summed E-state index contributed by atoms with van der Waals surface area (Å²) in [6.07, 6.45) is -0.940. The monoisotopic (exact) mass is 685 g/mol. The number of hydrogen-bond donors (Lipinski definition) is 4. The Morgan fingerprint density at radius 3 is 2.06 bits per heavy atom. The molecule has 0 spiro atoms. The molecule has 0 bridgehead atoms. The zero-order chi connectivity index (χ0) is 35.6. The third kappa shape index (κ3) is 9.70. The van der Waals surface area contributed by atoms with Gasteiger partial charge in [0.25, 0.3) is 0 Å². The quantitative estimate of drug-likeness (QED) is 0.103. The zero-order valence-corrected chi connectivity index (χ0v) is 29.2. The number of carbonyl (C=O) groups is 1. The summed E-state index contributed by atoms with van der Waals surface area (Å²) >= 11 is 0. The molecular formula is C43H47N3O5. The maximum absolute atomic E-state index is 12.4. The average Bonchev–Trinajstić information content (AvgIpc) is 3.19. The molecule has 6 rings (SSSR count). The number of carbonyl (C=O) groups excluding carboxylic acids is 1. The van der Waals surface area contributed by atoms with Crippen LogP contribution >= 0.6 is 0 Å². The van der Waals surface area contributed by atoms with E-state index in [0.29, 0.717) is 26.1 Å². The molecule has 1 aliphatic rings. The Balaban J connectivity index is 1.12. The molecule has 4 N–H and O–H groups in total. The number of hydrogen-bond acceptors (Lipinski definition) is 6. The molecule has 2 amide bonds. The van der Waals surface area contributed by atoms with E-state index in [-0.39, 0.29) is 30.9 Å². The fourth-order valence-electron chi connectivity index (χ4n) is 6.41. The fraction of sp³-hybridized carbons (Fsp3) is 0.279. The van der Waals surface area contributed by atoms with Gasteiger partial charge in [0.2, 0.25) is 0 Å². The molecular weight excluding hydrogens is 638 g/mol. The van der Waals surface area contributed by atoms with Gasteiger partial charge in [-0.1, -0.05) is 127 Å². The van der Waals surface area contributed by atoms with Crippen LogP contribution in [0.25, 0.3) is 11.1 Å². The van der Waals surface area contributed by atoms with E-state index >= 15 is 0 Å². The normalized spacial score (nSPS) is 18.6. The van der Waals surface area contributed by atoms with Gasteiger partial charge >= 0.3 is 6.03 Å². The van der Waals surface area contributed by atoms with Crippen molar-refractivity contribution >= 4 is 6.03 Å². The molecule has 8 heteroatoms. The summed E-state index contributed by atoms with van der Waals surface area (Å²) in [5.41, 5.74) is 7.81. The van der Waals surface area contributed by atoms with Crippen molar-refractivity contribution in [2.75, 3.05) is 13.6 Å². The van der Waals surface area contributed by atoms with Crippen molar-refractivity contribution in [1.29, 1.82) is 0 Å². The Labute approximate surface area is 300 Å². The molecule has 1 aliphatic heterocycles. The molecule has 0 saturated carbocycles. The van der Waals surface area contributed by atoms with Crippen molar-refractivity contribution < 1.29 is 24.5 Å². The summed E-state index contributed by atoms with van der Waals surface area (Å²) in [6.45, 7) is 3.51. The second-order valence-corrected chi connectivity index (χ2v) is 13.2. The number of nitrogens with one attached hydrogen (secondary N) is 2. The zero-order valence-electron chi connectivity index (χ0n) is 29.2. The molecule has 8 nitrogen and oxygen atoms in total. The van der Waals surface area contributed by atoms with Crippen LogP contribution in [0.5, 0.6) is 0 Å². The van der Waals surface area contributed by atoms with Crippen molar-refractivity contribution in [2.24, 2.45) is 0 Å². The number of urea groups is 1. The molecule has 5 aromatic carbocycles. The first-order valence-corrected chi connectivity index (χ1v) is 17.5. The second-order valence-electron chi connectivity index (χ2n) is 13.2. The third-order valence-corrected chi connectivity index (χ3v) is 9.59. The standard InChI is InChI=1S/C43H47N3O5/c1-30(41(48)36-13-7-4-8-14-36)46(2)28-39-25-40(35-18-16-32(29-47)17-19-35)51-42(50-39)37-22-20-34(21-23-37)38-15-9-12-33(24-38)27-45-43(49)44-26-31-10-5-3-6-11-31/h3-24,30,39-42,47-48H,25-29H2,1-2H3,(H2,44,45,49)/t30-,39+,40-,41-,42-/m1/s1. The van der Waals surface area contributed by atoms with Gasteiger partial charge in [0.15, 0.2) is 6.29 Å². The van der Waals surface area contributed by atoms with Crippen LogP contribution in [-0.2, 0) is 29.2 Å². The Morgan fingerprint density at radius 2 is 1.37 bits per heavy atom. The first-order chi connectivity index (χ1) is 24.9. The SMILES string of the molecule is C[C@H]([C@@H](O)c1ccccc1)N(C)C[C@@H]1C[C@H](c2ccc(CO)cc2)O[C@H](c2ccc(-c3cccc(CNC(=O)NCc4ccccc4)c3)cc2)O1. The van der Waals surface area contributed by atoms with Crippen LogP contribution in [0.3, 0.4) is 0 Å². The first kappa shape index (κ1) is 36.0. The molecule has 51 heavy (non-hydrogen) atoms. The molecule has 5 atom stereocenters. The largest absolute Gasteiger partial charge is 0.392 e. The number of aliphatic hydroxyl groups is 2. The van der Waals surface area contributed by atoms with Crippen LogP contribution in [0.15, 0.2) is 133 Å². The minimum absolute atomic E-state index is 0.0115. The smallest absolute Gasteiger partial charge is 0.315 e. The van der Waals surface area contributed by atoms with Gasteiger partial charge in [-0.3, -0.25) is 4.90 Å². The van der Waals surface area contributed by atoms with E-state index in [4.69, 9.17) is 9.47 Å². The molecule has 0 aliphatic carbocycles. The van der Waals surface area contributed by atoms with E-state index in [0.717, 1.165) is 44.5 Å². The number of rotatable bonds is 13.